The van der Waals surface area contributed by atoms with E-state index in [1.54, 1.807) is 0 Å². The average Bonchev–Trinajstić information content (AvgIpc) is 2.94. The minimum Gasteiger partial charge on any atom is -0.394 e. The van der Waals surface area contributed by atoms with Gasteiger partial charge in [-0.15, -0.1) is 0 Å². The van der Waals surface area contributed by atoms with Crippen molar-refractivity contribution in [1.82, 2.24) is 19.5 Å². The van der Waals surface area contributed by atoms with Crippen LogP contribution in [-0.2, 0) is 4.74 Å². The molecule has 0 spiro atoms. The number of nitrogens with zero attached hydrogens (tertiary/aromatic N) is 3. The molecule has 1 unspecified atom stereocenters. The summed E-state index contributed by atoms with van der Waals surface area (Å²) in [5, 5.41) is 28.6. The van der Waals surface area contributed by atoms with Gasteiger partial charge in [0.25, 0.3) is 5.56 Å². The second-order valence-corrected chi connectivity index (χ2v) is 4.28. The highest BCUT2D eigenvalue weighted by molar-refractivity contribution is 5.68. The van der Waals surface area contributed by atoms with Crippen molar-refractivity contribution in [1.29, 1.82) is 0 Å². The van der Waals surface area contributed by atoms with Gasteiger partial charge in [-0.2, -0.15) is 0 Å². The third-order valence-corrected chi connectivity index (χ3v) is 3.16. The summed E-state index contributed by atoms with van der Waals surface area (Å²) in [4.78, 5) is 21.8. The number of hydrogen-bond donors (Lipinski definition) is 4. The van der Waals surface area contributed by atoms with Gasteiger partial charge in [-0.25, -0.2) is 9.97 Å². The van der Waals surface area contributed by atoms with Crippen LogP contribution in [0.5, 0.6) is 0 Å². The molecule has 19 heavy (non-hydrogen) atoms. The van der Waals surface area contributed by atoms with Gasteiger partial charge in [-0.05, 0) is 0 Å². The molecule has 0 aromatic carbocycles. The van der Waals surface area contributed by atoms with Crippen LogP contribution < -0.4 is 5.56 Å². The Balaban J connectivity index is 2.06. The molecular formula is C10H12N4O5. The van der Waals surface area contributed by atoms with E-state index >= 15 is 0 Å². The lowest BCUT2D eigenvalue weighted by molar-refractivity contribution is -0.0511. The van der Waals surface area contributed by atoms with Crippen LogP contribution in [0.4, 0.5) is 0 Å². The molecule has 2 aromatic rings. The number of rotatable bonds is 2. The van der Waals surface area contributed by atoms with Gasteiger partial charge in [0.1, 0.15) is 18.3 Å². The molecule has 4 atom stereocenters. The highest BCUT2D eigenvalue weighted by atomic mass is 16.6. The predicted octanol–water partition coefficient (Wildman–Crippen LogP) is -2.27. The van der Waals surface area contributed by atoms with Crippen LogP contribution in [-0.4, -0.2) is 59.8 Å². The van der Waals surface area contributed by atoms with E-state index in [0.717, 1.165) is 0 Å². The van der Waals surface area contributed by atoms with E-state index in [9.17, 15) is 15.0 Å². The highest BCUT2D eigenvalue weighted by Gasteiger charge is 2.43. The molecule has 1 aliphatic rings. The number of aromatic nitrogens is 4. The van der Waals surface area contributed by atoms with Crippen LogP contribution in [0.1, 0.15) is 6.23 Å². The van der Waals surface area contributed by atoms with E-state index in [0.29, 0.717) is 0 Å². The van der Waals surface area contributed by atoms with E-state index in [-0.39, 0.29) is 11.2 Å². The summed E-state index contributed by atoms with van der Waals surface area (Å²) < 4.78 is 6.70. The zero-order valence-corrected chi connectivity index (χ0v) is 9.67. The molecule has 2 aromatic heterocycles. The summed E-state index contributed by atoms with van der Waals surface area (Å²) in [6.45, 7) is -0.421. The maximum Gasteiger partial charge on any atom is 0.278 e. The van der Waals surface area contributed by atoms with Gasteiger partial charge in [-0.3, -0.25) is 9.36 Å². The number of fused-ring (bicyclic) bond motifs is 1. The number of imidazole rings is 1. The molecule has 0 saturated carbocycles. The van der Waals surface area contributed by atoms with Crippen molar-refractivity contribution in [2.75, 3.05) is 6.61 Å². The first-order chi connectivity index (χ1) is 9.13. The van der Waals surface area contributed by atoms with E-state index in [1.807, 2.05) is 0 Å². The lowest BCUT2D eigenvalue weighted by atomic mass is 10.1. The van der Waals surface area contributed by atoms with Gasteiger partial charge >= 0.3 is 0 Å². The Kier molecular flexibility index (Phi) is 2.82. The third-order valence-electron chi connectivity index (χ3n) is 3.16. The number of aromatic amines is 1. The Morgan fingerprint density at radius 3 is 2.84 bits per heavy atom. The second kappa shape index (κ2) is 4.38. The Labute approximate surface area is 106 Å². The zero-order chi connectivity index (χ0) is 13.6. The van der Waals surface area contributed by atoms with Crippen molar-refractivity contribution in [2.45, 2.75) is 24.5 Å². The molecule has 9 nitrogen and oxygen atoms in total. The number of H-pyrrole nitrogens is 1. The SMILES string of the molecule is O=c1[nH]cnc2c1ncn2[C@H]1O[C@H](CO)[C@H](O)C1O. The topological polar surface area (TPSA) is 133 Å². The second-order valence-electron chi connectivity index (χ2n) is 4.28. The Morgan fingerprint density at radius 1 is 1.37 bits per heavy atom. The van der Waals surface area contributed by atoms with Gasteiger partial charge in [0.2, 0.25) is 0 Å². The van der Waals surface area contributed by atoms with Crippen molar-refractivity contribution < 1.29 is 20.1 Å². The van der Waals surface area contributed by atoms with E-state index < -0.39 is 36.7 Å². The number of aliphatic hydroxyl groups is 3. The van der Waals surface area contributed by atoms with Crippen molar-refractivity contribution in [2.24, 2.45) is 0 Å². The summed E-state index contributed by atoms with van der Waals surface area (Å²) in [6.07, 6.45) is -1.78. The summed E-state index contributed by atoms with van der Waals surface area (Å²) in [6, 6.07) is 0. The minimum atomic E-state index is -1.24. The average molecular weight is 268 g/mol. The highest BCUT2D eigenvalue weighted by Crippen LogP contribution is 2.30. The fourth-order valence-corrected chi connectivity index (χ4v) is 2.16. The molecule has 102 valence electrons. The zero-order valence-electron chi connectivity index (χ0n) is 9.67. The minimum absolute atomic E-state index is 0.111. The fraction of sp³-hybridized carbons (Fsp3) is 0.500. The molecule has 1 fully saturated rings. The summed E-state index contributed by atoms with van der Waals surface area (Å²) in [7, 11) is 0. The lowest BCUT2D eigenvalue weighted by Gasteiger charge is -2.16. The van der Waals surface area contributed by atoms with Crippen LogP contribution in [0.15, 0.2) is 17.4 Å². The number of hydrogen-bond acceptors (Lipinski definition) is 7. The first kappa shape index (κ1) is 12.2. The van der Waals surface area contributed by atoms with Crippen LogP contribution in [0.2, 0.25) is 0 Å². The lowest BCUT2D eigenvalue weighted by Crippen LogP contribution is -2.33. The van der Waals surface area contributed by atoms with Crippen LogP contribution in [0.25, 0.3) is 11.2 Å². The van der Waals surface area contributed by atoms with Crippen molar-refractivity contribution >= 4 is 11.2 Å². The molecule has 0 radical (unpaired) electrons. The van der Waals surface area contributed by atoms with Crippen LogP contribution in [0, 0.1) is 0 Å². The molecule has 3 heterocycles. The number of ether oxygens (including phenoxy) is 1. The first-order valence-corrected chi connectivity index (χ1v) is 5.66. The number of aliphatic hydroxyl groups excluding tert-OH is 3. The van der Waals surface area contributed by atoms with E-state index in [4.69, 9.17) is 9.84 Å². The van der Waals surface area contributed by atoms with Crippen molar-refractivity contribution in [3.63, 3.8) is 0 Å². The van der Waals surface area contributed by atoms with Gasteiger partial charge in [-0.1, -0.05) is 0 Å². The van der Waals surface area contributed by atoms with Crippen molar-refractivity contribution in [3.05, 3.63) is 23.0 Å². The van der Waals surface area contributed by atoms with Gasteiger partial charge in [0.15, 0.2) is 17.4 Å². The maximum absolute atomic E-state index is 11.5. The third kappa shape index (κ3) is 1.75. The van der Waals surface area contributed by atoms with Gasteiger partial charge in [0.05, 0.1) is 19.3 Å². The molecular weight excluding hydrogens is 256 g/mol. The maximum atomic E-state index is 11.5. The van der Waals surface area contributed by atoms with Gasteiger partial charge in [0, 0.05) is 0 Å². The molecule has 4 N–H and O–H groups in total. The quantitative estimate of drug-likeness (QED) is 0.482. The van der Waals surface area contributed by atoms with E-state index in [1.165, 1.54) is 17.2 Å². The molecule has 1 saturated heterocycles. The van der Waals surface area contributed by atoms with Gasteiger partial charge < -0.3 is 25.0 Å². The molecule has 1 aliphatic heterocycles. The molecule has 0 amide bonds. The standard InChI is InChI=1S/C10H12N4O5/c15-1-4-6(16)7(17)10(19-4)14-3-13-5-8(14)11-2-12-9(5)18/h2-4,6-7,10,15-17H,1H2,(H,11,12,18)/t4-,6+,7?,10+/m1/s1. The Hall–Kier alpha value is -1.81. The predicted molar refractivity (Wildman–Crippen MR) is 61.2 cm³/mol. The summed E-state index contributed by atoms with van der Waals surface area (Å²) in [5.41, 5.74) is -0.0608. The monoisotopic (exact) mass is 268 g/mol. The number of nitrogens with one attached hydrogen (secondary N) is 1. The molecule has 9 heteroatoms. The summed E-state index contributed by atoms with van der Waals surface area (Å²) in [5.74, 6) is 0. The largest absolute Gasteiger partial charge is 0.394 e. The normalized spacial score (nSPS) is 31.1. The van der Waals surface area contributed by atoms with Crippen LogP contribution in [0.3, 0.4) is 0 Å². The van der Waals surface area contributed by atoms with Crippen molar-refractivity contribution in [3.8, 4) is 0 Å². The molecule has 3 rings (SSSR count). The molecule has 0 bridgehead atoms. The Bertz CT molecular complexity index is 653. The summed E-state index contributed by atoms with van der Waals surface area (Å²) >= 11 is 0. The smallest absolute Gasteiger partial charge is 0.278 e. The van der Waals surface area contributed by atoms with E-state index in [2.05, 4.69) is 15.0 Å². The van der Waals surface area contributed by atoms with Crippen LogP contribution >= 0.6 is 0 Å². The first-order valence-electron chi connectivity index (χ1n) is 5.66. The Morgan fingerprint density at radius 2 is 2.16 bits per heavy atom. The molecule has 0 aliphatic carbocycles. The fourth-order valence-electron chi connectivity index (χ4n) is 2.16.